The number of carbonyl (C=O) groups is 1. The Labute approximate surface area is 113 Å². The third-order valence-electron chi connectivity index (χ3n) is 2.56. The fraction of sp³-hybridized carbons (Fsp3) is 0.250. The molecule has 2 heterocycles. The second-order valence-electron chi connectivity index (χ2n) is 3.74. The number of carbonyl (C=O) groups excluding carboxylic acids is 1. The summed E-state index contributed by atoms with van der Waals surface area (Å²) in [5.41, 5.74) is 1.28. The Balaban J connectivity index is 2.31. The number of methoxy groups -OCH3 is 1. The second kappa shape index (κ2) is 5.30. The van der Waals surface area contributed by atoms with Gasteiger partial charge in [0.1, 0.15) is 11.5 Å². The van der Waals surface area contributed by atoms with Crippen molar-refractivity contribution in [3.8, 4) is 0 Å². The second-order valence-corrected chi connectivity index (χ2v) is 4.65. The first kappa shape index (κ1) is 12.8. The number of halogens is 1. The van der Waals surface area contributed by atoms with E-state index in [2.05, 4.69) is 25.9 Å². The lowest BCUT2D eigenvalue weighted by molar-refractivity contribution is 0.0588. The number of imidazole rings is 1. The molecule has 2 aromatic heterocycles. The third kappa shape index (κ3) is 2.59. The van der Waals surface area contributed by atoms with Crippen LogP contribution < -0.4 is 0 Å². The van der Waals surface area contributed by atoms with Crippen LogP contribution >= 0.6 is 15.9 Å². The highest BCUT2D eigenvalue weighted by Crippen LogP contribution is 2.12. The first-order valence-corrected chi connectivity index (χ1v) is 6.12. The van der Waals surface area contributed by atoms with Gasteiger partial charge in [0, 0.05) is 10.7 Å². The maximum absolute atomic E-state index is 11.6. The van der Waals surface area contributed by atoms with Gasteiger partial charge >= 0.3 is 5.97 Å². The molecular formula is C12H12BrN3O2. The molecule has 0 atom stereocenters. The molecule has 0 aliphatic carbocycles. The van der Waals surface area contributed by atoms with Crippen LogP contribution in [0.1, 0.15) is 22.0 Å². The number of ether oxygens (including phenoxy) is 1. The lowest BCUT2D eigenvalue weighted by atomic mass is 10.3. The predicted octanol–water partition coefficient (Wildman–Crippen LogP) is 2.18. The summed E-state index contributed by atoms with van der Waals surface area (Å²) in [7, 11) is 1.35. The van der Waals surface area contributed by atoms with Crippen molar-refractivity contribution in [3.63, 3.8) is 0 Å². The molecule has 0 spiro atoms. The summed E-state index contributed by atoms with van der Waals surface area (Å²) in [6.45, 7) is 2.33. The minimum Gasteiger partial charge on any atom is -0.464 e. The van der Waals surface area contributed by atoms with E-state index in [1.807, 2.05) is 19.1 Å². The van der Waals surface area contributed by atoms with Crippen LogP contribution in [0, 0.1) is 6.92 Å². The summed E-state index contributed by atoms with van der Waals surface area (Å²) in [4.78, 5) is 20.0. The molecule has 2 aromatic rings. The van der Waals surface area contributed by atoms with Crippen LogP contribution in [0.3, 0.4) is 0 Å². The van der Waals surface area contributed by atoms with Gasteiger partial charge < -0.3 is 9.30 Å². The summed E-state index contributed by atoms with van der Waals surface area (Å²) in [5.74, 6) is 0.354. The van der Waals surface area contributed by atoms with Crippen LogP contribution in [0.25, 0.3) is 0 Å². The van der Waals surface area contributed by atoms with Gasteiger partial charge in [-0.2, -0.15) is 0 Å². The first-order chi connectivity index (χ1) is 8.61. The topological polar surface area (TPSA) is 57.0 Å². The Bertz CT molecular complexity index is 563. The summed E-state index contributed by atoms with van der Waals surface area (Å²) in [5, 5.41) is 0. The van der Waals surface area contributed by atoms with Gasteiger partial charge in [-0.3, -0.25) is 4.98 Å². The average Bonchev–Trinajstić information content (AvgIpc) is 2.73. The van der Waals surface area contributed by atoms with E-state index in [9.17, 15) is 4.79 Å². The molecule has 0 aromatic carbocycles. The Hall–Kier alpha value is -1.69. The number of aryl methyl sites for hydroxylation is 1. The number of rotatable bonds is 3. The van der Waals surface area contributed by atoms with Crippen molar-refractivity contribution in [3.05, 3.63) is 46.2 Å². The Morgan fingerprint density at radius 2 is 2.17 bits per heavy atom. The van der Waals surface area contributed by atoms with Crippen molar-refractivity contribution in [2.24, 2.45) is 0 Å². The van der Waals surface area contributed by atoms with Crippen LogP contribution in [0.5, 0.6) is 0 Å². The normalized spacial score (nSPS) is 10.4. The predicted molar refractivity (Wildman–Crippen MR) is 69.3 cm³/mol. The maximum atomic E-state index is 11.6. The van der Waals surface area contributed by atoms with Crippen molar-refractivity contribution in [1.82, 2.24) is 14.5 Å². The van der Waals surface area contributed by atoms with E-state index < -0.39 is 5.97 Å². The standard InChI is InChI=1S/C12H12BrN3O2/c1-8-14-6-11(12(17)18-2)16(8)7-10-4-3-9(13)5-15-10/h3-6H,7H2,1-2H3. The Morgan fingerprint density at radius 1 is 1.39 bits per heavy atom. The van der Waals surface area contributed by atoms with Crippen LogP contribution in [0.15, 0.2) is 29.0 Å². The molecule has 18 heavy (non-hydrogen) atoms. The molecule has 0 saturated carbocycles. The Morgan fingerprint density at radius 3 is 2.78 bits per heavy atom. The summed E-state index contributed by atoms with van der Waals surface area (Å²) < 4.78 is 7.42. The summed E-state index contributed by atoms with van der Waals surface area (Å²) >= 11 is 3.33. The number of esters is 1. The molecule has 0 fully saturated rings. The van der Waals surface area contributed by atoms with E-state index in [1.54, 1.807) is 10.8 Å². The molecule has 2 rings (SSSR count). The van der Waals surface area contributed by atoms with Crippen LogP contribution in [0.4, 0.5) is 0 Å². The van der Waals surface area contributed by atoms with E-state index in [4.69, 9.17) is 4.74 Å². The number of pyridine rings is 1. The lowest BCUT2D eigenvalue weighted by Crippen LogP contribution is -2.13. The van der Waals surface area contributed by atoms with Crippen molar-refractivity contribution >= 4 is 21.9 Å². The molecule has 0 bridgehead atoms. The highest BCUT2D eigenvalue weighted by Gasteiger charge is 2.15. The number of hydrogen-bond donors (Lipinski definition) is 0. The van der Waals surface area contributed by atoms with E-state index in [-0.39, 0.29) is 0 Å². The number of aromatic nitrogens is 3. The SMILES string of the molecule is COC(=O)c1cnc(C)n1Cc1ccc(Br)cn1. The molecule has 0 amide bonds. The van der Waals surface area contributed by atoms with Crippen molar-refractivity contribution in [1.29, 1.82) is 0 Å². The van der Waals surface area contributed by atoms with E-state index >= 15 is 0 Å². The lowest BCUT2D eigenvalue weighted by Gasteiger charge is -2.08. The highest BCUT2D eigenvalue weighted by atomic mass is 79.9. The van der Waals surface area contributed by atoms with Gasteiger partial charge in [0.2, 0.25) is 0 Å². The van der Waals surface area contributed by atoms with Crippen molar-refractivity contribution in [2.75, 3.05) is 7.11 Å². The zero-order chi connectivity index (χ0) is 13.1. The van der Waals surface area contributed by atoms with Gasteiger partial charge in [0.05, 0.1) is 25.5 Å². The van der Waals surface area contributed by atoms with Crippen molar-refractivity contribution < 1.29 is 9.53 Å². The van der Waals surface area contributed by atoms with Crippen molar-refractivity contribution in [2.45, 2.75) is 13.5 Å². The van der Waals surface area contributed by atoms with E-state index in [0.29, 0.717) is 12.2 Å². The molecular weight excluding hydrogens is 298 g/mol. The molecule has 5 nitrogen and oxygen atoms in total. The summed E-state index contributed by atoms with van der Waals surface area (Å²) in [6.07, 6.45) is 3.24. The van der Waals surface area contributed by atoms with Gasteiger partial charge in [0.25, 0.3) is 0 Å². The first-order valence-electron chi connectivity index (χ1n) is 5.32. The molecule has 0 saturated heterocycles. The maximum Gasteiger partial charge on any atom is 0.356 e. The smallest absolute Gasteiger partial charge is 0.356 e. The van der Waals surface area contributed by atoms with Gasteiger partial charge in [-0.1, -0.05) is 0 Å². The average molecular weight is 310 g/mol. The molecule has 94 valence electrons. The number of nitrogens with zero attached hydrogens (tertiary/aromatic N) is 3. The highest BCUT2D eigenvalue weighted by molar-refractivity contribution is 9.10. The van der Waals surface area contributed by atoms with Crippen LogP contribution in [-0.4, -0.2) is 27.6 Å². The molecule has 0 aliphatic rings. The largest absolute Gasteiger partial charge is 0.464 e. The monoisotopic (exact) mass is 309 g/mol. The fourth-order valence-electron chi connectivity index (χ4n) is 1.60. The number of hydrogen-bond acceptors (Lipinski definition) is 4. The minimum absolute atomic E-state index is 0.396. The zero-order valence-electron chi connectivity index (χ0n) is 10.1. The van der Waals surface area contributed by atoms with E-state index in [0.717, 1.165) is 16.0 Å². The molecule has 0 aliphatic heterocycles. The van der Waals surface area contributed by atoms with Gasteiger partial charge in [-0.15, -0.1) is 0 Å². The van der Waals surface area contributed by atoms with Crippen LogP contribution in [-0.2, 0) is 11.3 Å². The molecule has 0 radical (unpaired) electrons. The molecule has 0 N–H and O–H groups in total. The zero-order valence-corrected chi connectivity index (χ0v) is 11.6. The minimum atomic E-state index is -0.396. The Kier molecular flexibility index (Phi) is 3.76. The quantitative estimate of drug-likeness (QED) is 0.816. The molecule has 6 heteroatoms. The van der Waals surface area contributed by atoms with Crippen LogP contribution in [0.2, 0.25) is 0 Å². The van der Waals surface area contributed by atoms with Gasteiger partial charge in [0.15, 0.2) is 0 Å². The fourth-order valence-corrected chi connectivity index (χ4v) is 1.83. The summed E-state index contributed by atoms with van der Waals surface area (Å²) in [6, 6.07) is 3.80. The van der Waals surface area contributed by atoms with Gasteiger partial charge in [-0.05, 0) is 35.0 Å². The van der Waals surface area contributed by atoms with E-state index in [1.165, 1.54) is 13.3 Å². The third-order valence-corrected chi connectivity index (χ3v) is 3.03. The van der Waals surface area contributed by atoms with Gasteiger partial charge in [-0.25, -0.2) is 9.78 Å². The molecule has 0 unspecified atom stereocenters.